The van der Waals surface area contributed by atoms with Gasteiger partial charge in [0.25, 0.3) is 0 Å². The topological polar surface area (TPSA) is 0 Å². The Labute approximate surface area is 92.1 Å². The number of benzene rings is 1. The van der Waals surface area contributed by atoms with Crippen LogP contribution in [-0.2, 0) is 0 Å². The van der Waals surface area contributed by atoms with Crippen molar-refractivity contribution in [2.75, 3.05) is 0 Å². The quantitative estimate of drug-likeness (QED) is 0.635. The molecule has 0 N–H and O–H groups in total. The molecule has 14 heavy (non-hydrogen) atoms. The van der Waals surface area contributed by atoms with Crippen LogP contribution < -0.4 is 0 Å². The minimum atomic E-state index is 0.297. The maximum atomic E-state index is 2.26. The molecular weight excluding hydrogens is 188 g/mol. The molecule has 0 aliphatic carbocycles. The Morgan fingerprint density at radius 3 is 2.14 bits per heavy atom. The number of hydrogen-bond acceptors (Lipinski definition) is 1. The van der Waals surface area contributed by atoms with Gasteiger partial charge in [-0.05, 0) is 17.5 Å². The van der Waals surface area contributed by atoms with E-state index in [-0.39, 0.29) is 0 Å². The van der Waals surface area contributed by atoms with Crippen LogP contribution in [0.25, 0.3) is 0 Å². The average molecular weight is 208 g/mol. The molecule has 0 heterocycles. The number of thioether (sulfide) groups is 1. The Morgan fingerprint density at radius 1 is 1.07 bits per heavy atom. The van der Waals surface area contributed by atoms with Crippen LogP contribution in [0.2, 0.25) is 0 Å². The summed E-state index contributed by atoms with van der Waals surface area (Å²) in [6, 6.07) is 8.71. The zero-order chi connectivity index (χ0) is 10.8. The molecule has 0 aromatic heterocycles. The van der Waals surface area contributed by atoms with E-state index in [4.69, 9.17) is 0 Å². The maximum absolute atomic E-state index is 2.26. The van der Waals surface area contributed by atoms with Crippen LogP contribution in [0.5, 0.6) is 0 Å². The van der Waals surface area contributed by atoms with Gasteiger partial charge in [-0.3, -0.25) is 0 Å². The zero-order valence-corrected chi connectivity index (χ0v) is 10.6. The van der Waals surface area contributed by atoms with Crippen LogP contribution >= 0.6 is 11.8 Å². The minimum Gasteiger partial charge on any atom is -0.120 e. The summed E-state index contributed by atoms with van der Waals surface area (Å²) in [5.41, 5.74) is 1.47. The first-order chi connectivity index (χ1) is 6.40. The molecule has 0 aliphatic rings. The number of hydrogen-bond donors (Lipinski definition) is 0. The molecule has 78 valence electrons. The molecule has 0 bridgehead atoms. The van der Waals surface area contributed by atoms with Gasteiger partial charge < -0.3 is 0 Å². The van der Waals surface area contributed by atoms with Crippen molar-refractivity contribution in [3.63, 3.8) is 0 Å². The SMILES string of the molecule is CC(C)c1ccccc1SC(C)(C)C. The van der Waals surface area contributed by atoms with Gasteiger partial charge >= 0.3 is 0 Å². The smallest absolute Gasteiger partial charge is 0.0122 e. The normalized spacial score (nSPS) is 12.1. The van der Waals surface area contributed by atoms with Gasteiger partial charge in [-0.1, -0.05) is 52.8 Å². The summed E-state index contributed by atoms with van der Waals surface area (Å²) in [6.07, 6.45) is 0. The van der Waals surface area contributed by atoms with Crippen molar-refractivity contribution in [1.82, 2.24) is 0 Å². The molecule has 0 nitrogen and oxygen atoms in total. The van der Waals surface area contributed by atoms with Gasteiger partial charge in [-0.2, -0.15) is 0 Å². The summed E-state index contributed by atoms with van der Waals surface area (Å²) in [6.45, 7) is 11.3. The fourth-order valence-electron chi connectivity index (χ4n) is 1.38. The fourth-order valence-corrected chi connectivity index (χ4v) is 2.61. The minimum absolute atomic E-state index is 0.297. The highest BCUT2D eigenvalue weighted by Crippen LogP contribution is 2.36. The van der Waals surface area contributed by atoms with Crippen molar-refractivity contribution in [2.45, 2.75) is 50.2 Å². The molecule has 0 atom stereocenters. The molecule has 0 fully saturated rings. The summed E-state index contributed by atoms with van der Waals surface area (Å²) >= 11 is 1.96. The molecule has 1 aromatic carbocycles. The average Bonchev–Trinajstić information content (AvgIpc) is 2.01. The van der Waals surface area contributed by atoms with Crippen molar-refractivity contribution < 1.29 is 0 Å². The van der Waals surface area contributed by atoms with Crippen molar-refractivity contribution in [3.05, 3.63) is 29.8 Å². The van der Waals surface area contributed by atoms with Gasteiger partial charge in [0.15, 0.2) is 0 Å². The lowest BCUT2D eigenvalue weighted by atomic mass is 10.0. The van der Waals surface area contributed by atoms with Crippen LogP contribution in [-0.4, -0.2) is 4.75 Å². The lowest BCUT2D eigenvalue weighted by Gasteiger charge is -2.21. The molecule has 1 aromatic rings. The molecule has 0 amide bonds. The molecule has 0 unspecified atom stereocenters. The van der Waals surface area contributed by atoms with Gasteiger partial charge in [0.2, 0.25) is 0 Å². The van der Waals surface area contributed by atoms with Crippen molar-refractivity contribution >= 4 is 11.8 Å². The van der Waals surface area contributed by atoms with Gasteiger partial charge in [0.05, 0.1) is 0 Å². The van der Waals surface area contributed by atoms with Crippen molar-refractivity contribution in [3.8, 4) is 0 Å². The molecule has 0 radical (unpaired) electrons. The highest BCUT2D eigenvalue weighted by molar-refractivity contribution is 8.00. The van der Waals surface area contributed by atoms with Gasteiger partial charge in [0.1, 0.15) is 0 Å². The molecule has 0 saturated heterocycles. The lowest BCUT2D eigenvalue weighted by molar-refractivity contribution is 0.794. The molecule has 1 heteroatoms. The summed E-state index contributed by atoms with van der Waals surface area (Å²) in [7, 11) is 0. The molecule has 0 saturated carbocycles. The maximum Gasteiger partial charge on any atom is 0.0122 e. The standard InChI is InChI=1S/C13H20S/c1-10(2)11-8-6-7-9-12(11)14-13(3,4)5/h6-10H,1-5H3. The fraction of sp³-hybridized carbons (Fsp3) is 0.538. The van der Waals surface area contributed by atoms with E-state index in [9.17, 15) is 0 Å². The summed E-state index contributed by atoms with van der Waals surface area (Å²) in [5.74, 6) is 0.612. The second-order valence-electron chi connectivity index (χ2n) is 4.91. The van der Waals surface area contributed by atoms with Gasteiger partial charge in [-0.15, -0.1) is 11.8 Å². The zero-order valence-electron chi connectivity index (χ0n) is 9.79. The van der Waals surface area contributed by atoms with Crippen LogP contribution in [0.15, 0.2) is 29.2 Å². The first kappa shape index (κ1) is 11.6. The van der Waals surface area contributed by atoms with E-state index in [0.29, 0.717) is 10.7 Å². The van der Waals surface area contributed by atoms with E-state index in [2.05, 4.69) is 58.9 Å². The van der Waals surface area contributed by atoms with Crippen LogP contribution in [0.3, 0.4) is 0 Å². The second kappa shape index (κ2) is 4.39. The Morgan fingerprint density at radius 2 is 1.64 bits per heavy atom. The van der Waals surface area contributed by atoms with E-state index in [0.717, 1.165) is 0 Å². The molecule has 1 rings (SSSR count). The van der Waals surface area contributed by atoms with E-state index >= 15 is 0 Å². The summed E-state index contributed by atoms with van der Waals surface area (Å²) in [4.78, 5) is 1.43. The predicted octanol–water partition coefficient (Wildman–Crippen LogP) is 4.70. The van der Waals surface area contributed by atoms with Gasteiger partial charge in [0, 0.05) is 9.64 Å². The van der Waals surface area contributed by atoms with Gasteiger partial charge in [-0.25, -0.2) is 0 Å². The third-order valence-electron chi connectivity index (χ3n) is 1.96. The Hall–Kier alpha value is -0.430. The predicted molar refractivity (Wildman–Crippen MR) is 66.1 cm³/mol. The van der Waals surface area contributed by atoms with Crippen LogP contribution in [0.1, 0.15) is 46.1 Å². The third-order valence-corrected chi connectivity index (χ3v) is 3.16. The van der Waals surface area contributed by atoms with E-state index in [1.165, 1.54) is 10.5 Å². The van der Waals surface area contributed by atoms with E-state index in [1.807, 2.05) is 11.8 Å². The molecular formula is C13H20S. The van der Waals surface area contributed by atoms with Crippen LogP contribution in [0, 0.1) is 0 Å². The second-order valence-corrected chi connectivity index (χ2v) is 6.78. The first-order valence-electron chi connectivity index (χ1n) is 5.18. The Balaban J connectivity index is 2.96. The van der Waals surface area contributed by atoms with Crippen molar-refractivity contribution in [2.24, 2.45) is 0 Å². The summed E-state index contributed by atoms with van der Waals surface area (Å²) < 4.78 is 0.297. The molecule has 0 aliphatic heterocycles. The highest BCUT2D eigenvalue weighted by Gasteiger charge is 2.15. The third kappa shape index (κ3) is 3.38. The Kier molecular flexibility index (Phi) is 3.65. The first-order valence-corrected chi connectivity index (χ1v) is 6.00. The van der Waals surface area contributed by atoms with Crippen LogP contribution in [0.4, 0.5) is 0 Å². The largest absolute Gasteiger partial charge is 0.120 e. The Bertz CT molecular complexity index is 294. The number of rotatable bonds is 2. The van der Waals surface area contributed by atoms with E-state index in [1.54, 1.807) is 0 Å². The van der Waals surface area contributed by atoms with E-state index < -0.39 is 0 Å². The lowest BCUT2D eigenvalue weighted by Crippen LogP contribution is -2.07. The summed E-state index contributed by atoms with van der Waals surface area (Å²) in [5, 5.41) is 0. The monoisotopic (exact) mass is 208 g/mol. The molecule has 0 spiro atoms. The van der Waals surface area contributed by atoms with Crippen molar-refractivity contribution in [1.29, 1.82) is 0 Å². The highest BCUT2D eigenvalue weighted by atomic mass is 32.2.